The van der Waals surface area contributed by atoms with Gasteiger partial charge in [-0.3, -0.25) is 19.7 Å². The van der Waals surface area contributed by atoms with Crippen molar-refractivity contribution in [3.05, 3.63) is 69.8 Å². The maximum absolute atomic E-state index is 13.0. The van der Waals surface area contributed by atoms with Crippen LogP contribution in [0.25, 0.3) is 0 Å². The van der Waals surface area contributed by atoms with Crippen LogP contribution in [0.5, 0.6) is 5.75 Å². The third-order valence-corrected chi connectivity index (χ3v) is 4.23. The van der Waals surface area contributed by atoms with Crippen molar-refractivity contribution >= 4 is 17.9 Å². The maximum Gasteiger partial charge on any atom is 0.270 e. The highest BCUT2D eigenvalue weighted by Gasteiger charge is 2.29. The van der Waals surface area contributed by atoms with E-state index in [1.165, 1.54) is 12.1 Å². The number of non-ortho nitro benzene ring substituents is 1. The van der Waals surface area contributed by atoms with Crippen LogP contribution >= 0.6 is 0 Å². The van der Waals surface area contributed by atoms with Crippen molar-refractivity contribution < 1.29 is 24.0 Å². The van der Waals surface area contributed by atoms with E-state index in [-0.39, 0.29) is 22.9 Å². The molecule has 1 amide bonds. The van der Waals surface area contributed by atoms with Gasteiger partial charge in [0.2, 0.25) is 6.10 Å². The summed E-state index contributed by atoms with van der Waals surface area (Å²) in [6.45, 7) is 1.80. The van der Waals surface area contributed by atoms with Crippen molar-refractivity contribution in [1.82, 2.24) is 4.90 Å². The summed E-state index contributed by atoms with van der Waals surface area (Å²) in [6, 6.07) is 12.6. The van der Waals surface area contributed by atoms with Crippen LogP contribution < -0.4 is 4.74 Å². The Balaban J connectivity index is 1.93. The van der Waals surface area contributed by atoms with Gasteiger partial charge in [-0.15, -0.1) is 0 Å². The zero-order chi connectivity index (χ0) is 19.2. The van der Waals surface area contributed by atoms with Crippen molar-refractivity contribution in [3.63, 3.8) is 0 Å². The standard InChI is InChI=1S/C19H18N2O6/c22-13-15-12-16(21(24)25)6-7-17(15)27-18(14-4-2-1-3-5-14)19(23)20-8-10-26-11-9-20/h1-7,12-13,18H,8-11H2/t18-/m0/s1. The third-order valence-electron chi connectivity index (χ3n) is 4.23. The van der Waals surface area contributed by atoms with Crippen LogP contribution in [0.15, 0.2) is 48.5 Å². The number of nitrogens with zero attached hydrogens (tertiary/aromatic N) is 2. The summed E-state index contributed by atoms with van der Waals surface area (Å²) in [4.78, 5) is 36.4. The van der Waals surface area contributed by atoms with E-state index in [4.69, 9.17) is 9.47 Å². The van der Waals surface area contributed by atoms with Crippen LogP contribution in [0.3, 0.4) is 0 Å². The molecule has 27 heavy (non-hydrogen) atoms. The van der Waals surface area contributed by atoms with Crippen LogP contribution in [0.2, 0.25) is 0 Å². The first-order valence-corrected chi connectivity index (χ1v) is 8.42. The van der Waals surface area contributed by atoms with Gasteiger partial charge < -0.3 is 14.4 Å². The second kappa shape index (κ2) is 8.41. The van der Waals surface area contributed by atoms with E-state index in [0.29, 0.717) is 38.2 Å². The Labute approximate surface area is 155 Å². The average Bonchev–Trinajstić information content (AvgIpc) is 2.72. The fraction of sp³-hybridized carbons (Fsp3) is 0.263. The Hall–Kier alpha value is -3.26. The molecule has 0 aliphatic carbocycles. The normalized spacial score (nSPS) is 15.0. The van der Waals surface area contributed by atoms with Crippen LogP contribution in [0.4, 0.5) is 5.69 Å². The molecule has 0 radical (unpaired) electrons. The lowest BCUT2D eigenvalue weighted by Gasteiger charge is -2.30. The molecule has 0 unspecified atom stereocenters. The van der Waals surface area contributed by atoms with E-state index in [1.54, 1.807) is 29.2 Å². The zero-order valence-corrected chi connectivity index (χ0v) is 14.4. The minimum atomic E-state index is -0.968. The molecule has 0 bridgehead atoms. The van der Waals surface area contributed by atoms with Crippen LogP contribution in [0.1, 0.15) is 22.0 Å². The topological polar surface area (TPSA) is 99.0 Å². The number of aldehydes is 1. The van der Waals surface area contributed by atoms with Crippen molar-refractivity contribution in [2.24, 2.45) is 0 Å². The SMILES string of the molecule is O=Cc1cc([N+](=O)[O-])ccc1O[C@H](C(=O)N1CCOCC1)c1ccccc1. The minimum Gasteiger partial charge on any atom is -0.475 e. The van der Waals surface area contributed by atoms with Gasteiger partial charge in [-0.25, -0.2) is 0 Å². The number of morpholine rings is 1. The molecule has 2 aromatic carbocycles. The van der Waals surface area contributed by atoms with Crippen LogP contribution in [0, 0.1) is 10.1 Å². The molecule has 0 saturated carbocycles. The predicted octanol–water partition coefficient (Wildman–Crippen LogP) is 2.39. The highest BCUT2D eigenvalue weighted by molar-refractivity contribution is 5.84. The minimum absolute atomic E-state index is 0.0138. The van der Waals surface area contributed by atoms with E-state index >= 15 is 0 Å². The largest absolute Gasteiger partial charge is 0.475 e. The Bertz CT molecular complexity index is 833. The number of carbonyl (C=O) groups is 2. The van der Waals surface area contributed by atoms with Gasteiger partial charge in [0.25, 0.3) is 11.6 Å². The van der Waals surface area contributed by atoms with Gasteiger partial charge in [0.15, 0.2) is 6.29 Å². The smallest absolute Gasteiger partial charge is 0.270 e. The highest BCUT2D eigenvalue weighted by atomic mass is 16.6. The summed E-state index contributed by atoms with van der Waals surface area (Å²) in [5.74, 6) is -0.134. The average molecular weight is 370 g/mol. The van der Waals surface area contributed by atoms with Gasteiger partial charge in [-0.05, 0) is 6.07 Å². The Kier molecular flexibility index (Phi) is 5.77. The number of amides is 1. The summed E-state index contributed by atoms with van der Waals surface area (Å²) in [5.41, 5.74) is 0.421. The van der Waals surface area contributed by atoms with Gasteiger partial charge in [-0.1, -0.05) is 30.3 Å². The third kappa shape index (κ3) is 4.29. The number of carbonyl (C=O) groups excluding carboxylic acids is 2. The number of nitro groups is 1. The van der Waals surface area contributed by atoms with E-state index in [0.717, 1.165) is 6.07 Å². The maximum atomic E-state index is 13.0. The highest BCUT2D eigenvalue weighted by Crippen LogP contribution is 2.29. The summed E-state index contributed by atoms with van der Waals surface area (Å²) < 4.78 is 11.2. The van der Waals surface area contributed by atoms with E-state index in [2.05, 4.69) is 0 Å². The molecule has 8 heteroatoms. The summed E-state index contributed by atoms with van der Waals surface area (Å²) >= 11 is 0. The van der Waals surface area contributed by atoms with E-state index in [9.17, 15) is 19.7 Å². The number of benzene rings is 2. The fourth-order valence-electron chi connectivity index (χ4n) is 2.81. The molecule has 2 aromatic rings. The molecular weight excluding hydrogens is 352 g/mol. The number of nitro benzene ring substituents is 1. The quantitative estimate of drug-likeness (QED) is 0.440. The molecule has 1 atom stereocenters. The lowest BCUT2D eigenvalue weighted by molar-refractivity contribution is -0.384. The molecule has 0 spiro atoms. The van der Waals surface area contributed by atoms with Crippen molar-refractivity contribution in [1.29, 1.82) is 0 Å². The molecule has 140 valence electrons. The van der Waals surface area contributed by atoms with Gasteiger partial charge in [0.1, 0.15) is 5.75 Å². The van der Waals surface area contributed by atoms with E-state index in [1.807, 2.05) is 6.07 Å². The zero-order valence-electron chi connectivity index (χ0n) is 14.4. The Morgan fingerprint density at radius 1 is 1.19 bits per heavy atom. The number of rotatable bonds is 6. The van der Waals surface area contributed by atoms with Crippen molar-refractivity contribution in [2.45, 2.75) is 6.10 Å². The van der Waals surface area contributed by atoms with Crippen LogP contribution in [-0.2, 0) is 9.53 Å². The molecule has 8 nitrogen and oxygen atoms in total. The first-order valence-electron chi connectivity index (χ1n) is 8.42. The van der Waals surface area contributed by atoms with Crippen LogP contribution in [-0.4, -0.2) is 48.3 Å². The first-order chi connectivity index (χ1) is 13.1. The summed E-state index contributed by atoms with van der Waals surface area (Å²) in [6.07, 6.45) is -0.492. The molecule has 1 saturated heterocycles. The predicted molar refractivity (Wildman–Crippen MR) is 95.7 cm³/mol. The molecule has 1 heterocycles. The van der Waals surface area contributed by atoms with E-state index < -0.39 is 11.0 Å². The molecule has 1 aliphatic heterocycles. The summed E-state index contributed by atoms with van der Waals surface area (Å²) in [5, 5.41) is 10.9. The van der Waals surface area contributed by atoms with Gasteiger partial charge in [0.05, 0.1) is 23.7 Å². The number of hydrogen-bond donors (Lipinski definition) is 0. The molecule has 0 aromatic heterocycles. The Morgan fingerprint density at radius 2 is 1.89 bits per heavy atom. The monoisotopic (exact) mass is 370 g/mol. The second-order valence-electron chi connectivity index (χ2n) is 5.94. The van der Waals surface area contributed by atoms with Gasteiger partial charge in [0, 0.05) is 30.8 Å². The second-order valence-corrected chi connectivity index (χ2v) is 5.94. The molecule has 1 aliphatic rings. The lowest BCUT2D eigenvalue weighted by atomic mass is 10.1. The molecule has 1 fully saturated rings. The lowest BCUT2D eigenvalue weighted by Crippen LogP contribution is -2.44. The summed E-state index contributed by atoms with van der Waals surface area (Å²) in [7, 11) is 0. The van der Waals surface area contributed by atoms with Crippen molar-refractivity contribution in [2.75, 3.05) is 26.3 Å². The number of ether oxygens (including phenoxy) is 2. The number of hydrogen-bond acceptors (Lipinski definition) is 6. The Morgan fingerprint density at radius 3 is 2.52 bits per heavy atom. The van der Waals surface area contributed by atoms with Gasteiger partial charge in [-0.2, -0.15) is 0 Å². The fourth-order valence-corrected chi connectivity index (χ4v) is 2.81. The first kappa shape index (κ1) is 18.5. The van der Waals surface area contributed by atoms with Crippen molar-refractivity contribution in [3.8, 4) is 5.75 Å². The van der Waals surface area contributed by atoms with Gasteiger partial charge >= 0.3 is 0 Å². The molecule has 3 rings (SSSR count). The molecular formula is C19H18N2O6. The molecule has 0 N–H and O–H groups in total.